The molecule has 0 spiro atoms. The van der Waals surface area contributed by atoms with Crippen molar-refractivity contribution in [1.29, 1.82) is 0 Å². The molecule has 1 heterocycles. The number of nitrogens with one attached hydrogen (secondary N) is 1. The van der Waals surface area contributed by atoms with E-state index in [-0.39, 0.29) is 0 Å². The summed E-state index contributed by atoms with van der Waals surface area (Å²) in [6, 6.07) is 3.85. The standard InChI is InChI=1S/C12H13BrN2O2/c1-6(2)15(3)10-5-9-7(4-8(10)13)11(16)12(17)14-9/h4-6H,1-3H3,(H,14,16,17). The molecule has 1 aliphatic heterocycles. The molecule has 1 amide bonds. The van der Waals surface area contributed by atoms with Gasteiger partial charge in [-0.3, -0.25) is 9.59 Å². The molecule has 1 aromatic carbocycles. The Morgan fingerprint density at radius 3 is 2.53 bits per heavy atom. The van der Waals surface area contributed by atoms with Crippen molar-refractivity contribution in [3.8, 4) is 0 Å². The van der Waals surface area contributed by atoms with E-state index in [0.29, 0.717) is 17.3 Å². The van der Waals surface area contributed by atoms with Crippen LogP contribution in [0.15, 0.2) is 16.6 Å². The summed E-state index contributed by atoms with van der Waals surface area (Å²) in [5.41, 5.74) is 1.97. The van der Waals surface area contributed by atoms with Gasteiger partial charge in [0, 0.05) is 17.6 Å². The number of ketones is 1. The van der Waals surface area contributed by atoms with Gasteiger partial charge in [0.15, 0.2) is 0 Å². The summed E-state index contributed by atoms with van der Waals surface area (Å²) in [6.45, 7) is 4.15. The second kappa shape index (κ2) is 4.14. The number of benzene rings is 1. The first-order valence-corrected chi connectivity index (χ1v) is 6.13. The number of carbonyl (C=O) groups excluding carboxylic acids is 2. The highest BCUT2D eigenvalue weighted by molar-refractivity contribution is 9.10. The molecule has 5 heteroatoms. The molecular formula is C12H13BrN2O2. The van der Waals surface area contributed by atoms with Crippen molar-refractivity contribution < 1.29 is 9.59 Å². The second-order valence-electron chi connectivity index (χ2n) is 4.34. The summed E-state index contributed by atoms with van der Waals surface area (Å²) < 4.78 is 0.817. The third-order valence-corrected chi connectivity index (χ3v) is 3.58. The molecule has 0 aromatic heterocycles. The van der Waals surface area contributed by atoms with Crippen LogP contribution in [-0.4, -0.2) is 24.8 Å². The molecule has 4 nitrogen and oxygen atoms in total. The van der Waals surface area contributed by atoms with E-state index in [4.69, 9.17) is 0 Å². The molecule has 1 N–H and O–H groups in total. The first-order chi connectivity index (χ1) is 7.91. The fourth-order valence-corrected chi connectivity index (χ4v) is 2.33. The predicted octanol–water partition coefficient (Wildman–Crippen LogP) is 2.43. The molecule has 0 fully saturated rings. The van der Waals surface area contributed by atoms with Gasteiger partial charge < -0.3 is 10.2 Å². The quantitative estimate of drug-likeness (QED) is 0.853. The van der Waals surface area contributed by atoms with E-state index in [1.807, 2.05) is 13.1 Å². The third-order valence-electron chi connectivity index (χ3n) is 2.94. The van der Waals surface area contributed by atoms with Crippen LogP contribution in [0.25, 0.3) is 0 Å². The lowest BCUT2D eigenvalue weighted by Gasteiger charge is -2.25. The van der Waals surface area contributed by atoms with Gasteiger partial charge in [0.25, 0.3) is 11.7 Å². The SMILES string of the molecule is CC(C)N(C)c1cc2c(cc1Br)C(=O)C(=O)N2. The summed E-state index contributed by atoms with van der Waals surface area (Å²) in [4.78, 5) is 24.9. The average Bonchev–Trinajstić information content (AvgIpc) is 2.53. The van der Waals surface area contributed by atoms with Gasteiger partial charge in [0.1, 0.15) is 0 Å². The highest BCUT2D eigenvalue weighted by atomic mass is 79.9. The van der Waals surface area contributed by atoms with Gasteiger partial charge in [-0.2, -0.15) is 0 Å². The number of rotatable bonds is 2. The molecule has 17 heavy (non-hydrogen) atoms. The van der Waals surface area contributed by atoms with Gasteiger partial charge in [0.05, 0.1) is 16.9 Å². The summed E-state index contributed by atoms with van der Waals surface area (Å²) in [5, 5.41) is 2.57. The van der Waals surface area contributed by atoms with Crippen LogP contribution in [0.4, 0.5) is 11.4 Å². The lowest BCUT2D eigenvalue weighted by Crippen LogP contribution is -2.26. The number of carbonyl (C=O) groups is 2. The zero-order valence-corrected chi connectivity index (χ0v) is 11.5. The maximum atomic E-state index is 11.5. The highest BCUT2D eigenvalue weighted by Crippen LogP contribution is 2.35. The zero-order chi connectivity index (χ0) is 12.7. The van der Waals surface area contributed by atoms with Crippen molar-refractivity contribution in [2.24, 2.45) is 0 Å². The van der Waals surface area contributed by atoms with Crippen LogP contribution in [0.2, 0.25) is 0 Å². The van der Waals surface area contributed by atoms with Gasteiger partial charge in [0.2, 0.25) is 0 Å². The van der Waals surface area contributed by atoms with Gasteiger partial charge in [-0.1, -0.05) is 0 Å². The monoisotopic (exact) mass is 296 g/mol. The molecule has 1 aromatic rings. The maximum Gasteiger partial charge on any atom is 0.296 e. The minimum Gasteiger partial charge on any atom is -0.371 e. The van der Waals surface area contributed by atoms with Crippen LogP contribution in [0, 0.1) is 0 Å². The number of hydrogen-bond donors (Lipinski definition) is 1. The minimum atomic E-state index is -0.559. The normalized spacial score (nSPS) is 13.9. The van der Waals surface area contributed by atoms with Crippen LogP contribution in [-0.2, 0) is 4.79 Å². The van der Waals surface area contributed by atoms with Crippen LogP contribution in [0.5, 0.6) is 0 Å². The lowest BCUT2D eigenvalue weighted by molar-refractivity contribution is -0.112. The van der Waals surface area contributed by atoms with Crippen LogP contribution >= 0.6 is 15.9 Å². The van der Waals surface area contributed by atoms with Crippen LogP contribution in [0.3, 0.4) is 0 Å². The Kier molecular flexibility index (Phi) is 2.95. The number of Topliss-reactive ketones (excluding diaryl/α,β-unsaturated/α-hetero) is 1. The van der Waals surface area contributed by atoms with E-state index in [0.717, 1.165) is 10.2 Å². The predicted molar refractivity (Wildman–Crippen MR) is 70.6 cm³/mol. The largest absolute Gasteiger partial charge is 0.371 e. The Hall–Kier alpha value is -1.36. The molecule has 0 unspecified atom stereocenters. The number of nitrogens with zero attached hydrogens (tertiary/aromatic N) is 1. The number of anilines is 2. The van der Waals surface area contributed by atoms with E-state index in [1.165, 1.54) is 0 Å². The highest BCUT2D eigenvalue weighted by Gasteiger charge is 2.29. The number of amides is 1. The smallest absolute Gasteiger partial charge is 0.296 e. The van der Waals surface area contributed by atoms with Crippen LogP contribution < -0.4 is 10.2 Å². The van der Waals surface area contributed by atoms with Gasteiger partial charge in [-0.05, 0) is 41.9 Å². The molecule has 0 saturated carbocycles. The molecule has 0 saturated heterocycles. The third kappa shape index (κ3) is 1.95. The van der Waals surface area contributed by atoms with Gasteiger partial charge >= 0.3 is 0 Å². The fraction of sp³-hybridized carbons (Fsp3) is 0.333. The number of fused-ring (bicyclic) bond motifs is 1. The lowest BCUT2D eigenvalue weighted by atomic mass is 10.1. The Morgan fingerprint density at radius 1 is 1.29 bits per heavy atom. The molecule has 0 bridgehead atoms. The van der Waals surface area contributed by atoms with E-state index in [9.17, 15) is 9.59 Å². The van der Waals surface area contributed by atoms with Gasteiger partial charge in [-0.15, -0.1) is 0 Å². The molecule has 0 atom stereocenters. The van der Waals surface area contributed by atoms with Crippen molar-refractivity contribution >= 4 is 39.0 Å². The second-order valence-corrected chi connectivity index (χ2v) is 5.19. The summed E-state index contributed by atoms with van der Waals surface area (Å²) >= 11 is 3.43. The molecular weight excluding hydrogens is 284 g/mol. The molecule has 90 valence electrons. The first-order valence-electron chi connectivity index (χ1n) is 5.34. The molecule has 2 rings (SSSR count). The topological polar surface area (TPSA) is 49.4 Å². The number of hydrogen-bond acceptors (Lipinski definition) is 3. The summed E-state index contributed by atoms with van der Waals surface area (Å²) in [5.74, 6) is -1.03. The molecule has 0 radical (unpaired) electrons. The van der Waals surface area contributed by atoms with E-state index >= 15 is 0 Å². The van der Waals surface area contributed by atoms with Crippen LogP contribution in [0.1, 0.15) is 24.2 Å². The first kappa shape index (κ1) is 12.1. The molecule has 0 aliphatic carbocycles. The van der Waals surface area contributed by atoms with E-state index in [2.05, 4.69) is 40.0 Å². The Morgan fingerprint density at radius 2 is 1.94 bits per heavy atom. The number of halogens is 1. The zero-order valence-electron chi connectivity index (χ0n) is 9.87. The van der Waals surface area contributed by atoms with Crippen molar-refractivity contribution in [3.63, 3.8) is 0 Å². The molecule has 1 aliphatic rings. The van der Waals surface area contributed by atoms with Crippen molar-refractivity contribution in [2.45, 2.75) is 19.9 Å². The fourth-order valence-electron chi connectivity index (χ4n) is 1.70. The van der Waals surface area contributed by atoms with Crippen molar-refractivity contribution in [3.05, 3.63) is 22.2 Å². The average molecular weight is 297 g/mol. The summed E-state index contributed by atoms with van der Waals surface area (Å²) in [7, 11) is 1.97. The Labute approximate surface area is 108 Å². The maximum absolute atomic E-state index is 11.5. The Bertz CT molecular complexity index is 511. The summed E-state index contributed by atoms with van der Waals surface area (Å²) in [6.07, 6.45) is 0. The van der Waals surface area contributed by atoms with Crippen molar-refractivity contribution in [2.75, 3.05) is 17.3 Å². The van der Waals surface area contributed by atoms with Gasteiger partial charge in [-0.25, -0.2) is 0 Å². The van der Waals surface area contributed by atoms with E-state index < -0.39 is 11.7 Å². The Balaban J connectivity index is 2.50. The van der Waals surface area contributed by atoms with Crippen molar-refractivity contribution in [1.82, 2.24) is 0 Å². The van der Waals surface area contributed by atoms with E-state index in [1.54, 1.807) is 6.07 Å². The minimum absolute atomic E-state index is 0.331.